The van der Waals surface area contributed by atoms with Gasteiger partial charge in [-0.05, 0) is 84.9 Å². The lowest BCUT2D eigenvalue weighted by molar-refractivity contribution is -0.133. The number of benzene rings is 3. The minimum absolute atomic E-state index is 0.0309. The lowest BCUT2D eigenvalue weighted by Gasteiger charge is -2.28. The molecular formula is C34H33Cl2F2N5O2S. The zero-order valence-corrected chi connectivity index (χ0v) is 27.4. The second-order valence-electron chi connectivity index (χ2n) is 10.8. The van der Waals surface area contributed by atoms with Crippen molar-refractivity contribution >= 4 is 63.1 Å². The van der Waals surface area contributed by atoms with Crippen molar-refractivity contribution < 1.29 is 18.4 Å². The monoisotopic (exact) mass is 683 g/mol. The fraction of sp³-hybridized carbons (Fsp3) is 0.235. The third-order valence-corrected chi connectivity index (χ3v) is 9.11. The SMILES string of the molecule is CNCCCN(Cc1cccs1)C(=O)C(Cc1ccc(F)c(F)c1)NC(=O)Nc1ccc2ccn(Cc3c(Cl)cccc3Cl)c2c1. The molecule has 0 spiro atoms. The molecule has 2 aromatic heterocycles. The first-order chi connectivity index (χ1) is 22.2. The van der Waals surface area contributed by atoms with E-state index in [-0.39, 0.29) is 12.3 Å². The molecule has 5 rings (SSSR count). The Morgan fingerprint density at radius 1 is 0.978 bits per heavy atom. The molecule has 5 aromatic rings. The molecule has 3 N–H and O–H groups in total. The van der Waals surface area contributed by atoms with Gasteiger partial charge in [-0.3, -0.25) is 4.79 Å². The summed E-state index contributed by atoms with van der Waals surface area (Å²) in [6, 6.07) is 18.5. The van der Waals surface area contributed by atoms with E-state index < -0.39 is 23.7 Å². The van der Waals surface area contributed by atoms with Crippen LogP contribution >= 0.6 is 34.5 Å². The second kappa shape index (κ2) is 15.6. The van der Waals surface area contributed by atoms with E-state index in [1.54, 1.807) is 29.2 Å². The van der Waals surface area contributed by atoms with E-state index in [2.05, 4.69) is 16.0 Å². The summed E-state index contributed by atoms with van der Waals surface area (Å²) in [7, 11) is 1.84. The summed E-state index contributed by atoms with van der Waals surface area (Å²) in [5.41, 5.74) is 2.50. The molecule has 0 aliphatic carbocycles. The van der Waals surface area contributed by atoms with Crippen LogP contribution in [0.25, 0.3) is 10.9 Å². The van der Waals surface area contributed by atoms with E-state index >= 15 is 0 Å². The first-order valence-electron chi connectivity index (χ1n) is 14.7. The van der Waals surface area contributed by atoms with Crippen molar-refractivity contribution in [3.8, 4) is 0 Å². The van der Waals surface area contributed by atoms with Gasteiger partial charge in [-0.25, -0.2) is 13.6 Å². The molecule has 0 aliphatic rings. The summed E-state index contributed by atoms with van der Waals surface area (Å²) in [6.07, 6.45) is 2.58. The average molecular weight is 685 g/mol. The Labute approximate surface area is 280 Å². The van der Waals surface area contributed by atoms with Gasteiger partial charge >= 0.3 is 6.03 Å². The molecule has 0 saturated heterocycles. The summed E-state index contributed by atoms with van der Waals surface area (Å²) in [5.74, 6) is -2.34. The van der Waals surface area contributed by atoms with Crippen molar-refractivity contribution in [1.82, 2.24) is 20.1 Å². The zero-order chi connectivity index (χ0) is 32.6. The van der Waals surface area contributed by atoms with E-state index in [1.165, 1.54) is 17.4 Å². The molecule has 3 amide bonds. The molecule has 0 aliphatic heterocycles. The fourth-order valence-corrected chi connectivity index (χ4v) is 6.44. The Bertz CT molecular complexity index is 1790. The zero-order valence-electron chi connectivity index (χ0n) is 25.0. The number of fused-ring (bicyclic) bond motifs is 1. The van der Waals surface area contributed by atoms with Crippen LogP contribution in [0.3, 0.4) is 0 Å². The van der Waals surface area contributed by atoms with Gasteiger partial charge in [-0.1, -0.05) is 47.5 Å². The Morgan fingerprint density at radius 2 is 1.78 bits per heavy atom. The maximum Gasteiger partial charge on any atom is 0.319 e. The number of carbonyl (C=O) groups is 2. The minimum Gasteiger partial charge on any atom is -0.343 e. The maximum atomic E-state index is 14.1. The lowest BCUT2D eigenvalue weighted by Crippen LogP contribution is -2.51. The highest BCUT2D eigenvalue weighted by Crippen LogP contribution is 2.28. The number of urea groups is 1. The Balaban J connectivity index is 1.37. The van der Waals surface area contributed by atoms with Crippen LogP contribution in [0, 0.1) is 11.6 Å². The smallest absolute Gasteiger partial charge is 0.319 e. The fourth-order valence-electron chi connectivity index (χ4n) is 5.21. The third kappa shape index (κ3) is 8.44. The van der Waals surface area contributed by atoms with Gasteiger partial charge in [0.1, 0.15) is 6.04 Å². The van der Waals surface area contributed by atoms with Gasteiger partial charge < -0.3 is 25.4 Å². The van der Waals surface area contributed by atoms with Crippen LogP contribution in [-0.2, 0) is 24.3 Å². The predicted molar refractivity (Wildman–Crippen MR) is 182 cm³/mol. The first kappa shape index (κ1) is 33.4. The summed E-state index contributed by atoms with van der Waals surface area (Å²) in [5, 5.41) is 12.7. The molecule has 0 fully saturated rings. The average Bonchev–Trinajstić information content (AvgIpc) is 3.69. The van der Waals surface area contributed by atoms with E-state index in [0.29, 0.717) is 53.9 Å². The van der Waals surface area contributed by atoms with Crippen LogP contribution in [0.15, 0.2) is 84.4 Å². The lowest BCUT2D eigenvalue weighted by atomic mass is 10.0. The first-order valence-corrected chi connectivity index (χ1v) is 16.3. The molecule has 240 valence electrons. The van der Waals surface area contributed by atoms with Crippen molar-refractivity contribution in [3.05, 3.63) is 122 Å². The number of halogens is 4. The standard InChI is InChI=1S/C34H33Cl2F2N5O2S/c1-39-13-4-14-43(20-25-5-3-16-46-25)33(44)31(18-22-8-11-29(37)30(38)17-22)41-34(45)40-24-10-9-23-12-15-42(32(23)19-24)21-26-27(35)6-2-7-28(26)36/h2-3,5-12,15-17,19,31,39H,4,13-14,18,20-21H2,1H3,(H2,40,41,45). The number of hydrogen-bond donors (Lipinski definition) is 3. The van der Waals surface area contributed by atoms with Gasteiger partial charge in [0.2, 0.25) is 5.91 Å². The van der Waals surface area contributed by atoms with Crippen LogP contribution < -0.4 is 16.0 Å². The molecule has 3 aromatic carbocycles. The van der Waals surface area contributed by atoms with Crippen LogP contribution in [0.1, 0.15) is 22.4 Å². The number of nitrogens with zero attached hydrogens (tertiary/aromatic N) is 2. The van der Waals surface area contributed by atoms with Crippen molar-refractivity contribution in [2.75, 3.05) is 25.5 Å². The van der Waals surface area contributed by atoms with Crippen molar-refractivity contribution in [2.45, 2.75) is 32.0 Å². The van der Waals surface area contributed by atoms with Gasteiger partial charge in [-0.2, -0.15) is 0 Å². The van der Waals surface area contributed by atoms with Crippen LogP contribution in [0.4, 0.5) is 19.3 Å². The minimum atomic E-state index is -1.05. The summed E-state index contributed by atoms with van der Waals surface area (Å²) < 4.78 is 29.8. The topological polar surface area (TPSA) is 78.4 Å². The van der Waals surface area contributed by atoms with E-state index in [9.17, 15) is 18.4 Å². The molecular weight excluding hydrogens is 651 g/mol. The predicted octanol–water partition coefficient (Wildman–Crippen LogP) is 7.71. The number of anilines is 1. The Kier molecular flexibility index (Phi) is 11.3. The van der Waals surface area contributed by atoms with E-state index in [1.807, 2.05) is 53.5 Å². The van der Waals surface area contributed by atoms with Crippen LogP contribution in [0.5, 0.6) is 0 Å². The van der Waals surface area contributed by atoms with Gasteiger partial charge in [-0.15, -0.1) is 11.3 Å². The summed E-state index contributed by atoms with van der Waals surface area (Å²) >= 11 is 14.3. The Hall–Kier alpha value is -3.96. The van der Waals surface area contributed by atoms with E-state index in [4.69, 9.17) is 23.2 Å². The van der Waals surface area contributed by atoms with Crippen LogP contribution in [-0.4, -0.2) is 47.6 Å². The Morgan fingerprint density at radius 3 is 2.50 bits per heavy atom. The van der Waals surface area contributed by atoms with Crippen LogP contribution in [0.2, 0.25) is 10.0 Å². The molecule has 12 heteroatoms. The number of nitrogens with one attached hydrogen (secondary N) is 3. The van der Waals surface area contributed by atoms with E-state index in [0.717, 1.165) is 33.5 Å². The number of carbonyl (C=O) groups excluding carboxylic acids is 2. The molecule has 1 unspecified atom stereocenters. The van der Waals surface area contributed by atoms with Crippen molar-refractivity contribution in [2.24, 2.45) is 0 Å². The number of aromatic nitrogens is 1. The number of rotatable bonds is 13. The normalized spacial score (nSPS) is 11.8. The molecule has 7 nitrogen and oxygen atoms in total. The third-order valence-electron chi connectivity index (χ3n) is 7.54. The molecule has 0 saturated carbocycles. The maximum absolute atomic E-state index is 14.1. The largest absolute Gasteiger partial charge is 0.343 e. The van der Waals surface area contributed by atoms with Crippen molar-refractivity contribution in [1.29, 1.82) is 0 Å². The number of hydrogen-bond acceptors (Lipinski definition) is 4. The van der Waals surface area contributed by atoms with Gasteiger partial charge in [0.25, 0.3) is 0 Å². The molecule has 2 heterocycles. The number of thiophene rings is 1. The molecule has 0 bridgehead atoms. The second-order valence-corrected chi connectivity index (χ2v) is 12.7. The highest BCUT2D eigenvalue weighted by Gasteiger charge is 2.27. The molecule has 46 heavy (non-hydrogen) atoms. The molecule has 0 radical (unpaired) electrons. The molecule has 1 atom stereocenters. The van der Waals surface area contributed by atoms with Gasteiger partial charge in [0, 0.05) is 45.3 Å². The van der Waals surface area contributed by atoms with Gasteiger partial charge in [0.15, 0.2) is 11.6 Å². The quantitative estimate of drug-likeness (QED) is 0.111. The summed E-state index contributed by atoms with van der Waals surface area (Å²) in [4.78, 5) is 30.1. The highest BCUT2D eigenvalue weighted by molar-refractivity contribution is 7.09. The number of amides is 3. The van der Waals surface area contributed by atoms with Gasteiger partial charge in [0.05, 0.1) is 18.6 Å². The summed E-state index contributed by atoms with van der Waals surface area (Å²) in [6.45, 7) is 1.93. The van der Waals surface area contributed by atoms with Crippen molar-refractivity contribution in [3.63, 3.8) is 0 Å². The highest BCUT2D eigenvalue weighted by atomic mass is 35.5.